The Hall–Kier alpha value is -1.86. The van der Waals surface area contributed by atoms with Crippen molar-refractivity contribution in [3.63, 3.8) is 0 Å². The third-order valence-corrected chi connectivity index (χ3v) is 4.58. The van der Waals surface area contributed by atoms with Gasteiger partial charge >= 0.3 is 0 Å². The Morgan fingerprint density at radius 1 is 1.12 bits per heavy atom. The fraction of sp³-hybridized carbons (Fsp3) is 0.353. The van der Waals surface area contributed by atoms with E-state index >= 15 is 0 Å². The van der Waals surface area contributed by atoms with Gasteiger partial charge < -0.3 is 10.6 Å². The zero-order chi connectivity index (χ0) is 17.6. The van der Waals surface area contributed by atoms with E-state index in [1.54, 1.807) is 6.20 Å². The Bertz CT molecular complexity index is 677. The maximum Gasteiger partial charge on any atom is 0.236 e. The van der Waals surface area contributed by atoms with Crippen molar-refractivity contribution in [2.24, 2.45) is 5.41 Å². The normalized spacial score (nSPS) is 11.1. The topological polar surface area (TPSA) is 71.1 Å². The maximum absolute atomic E-state index is 11.9. The van der Waals surface area contributed by atoms with Gasteiger partial charge in [0.2, 0.25) is 11.8 Å². The van der Waals surface area contributed by atoms with Crippen molar-refractivity contribution >= 4 is 45.7 Å². The number of aromatic nitrogens is 1. The van der Waals surface area contributed by atoms with Gasteiger partial charge in [0.25, 0.3) is 0 Å². The van der Waals surface area contributed by atoms with Crippen LogP contribution in [0.15, 0.2) is 40.7 Å². The van der Waals surface area contributed by atoms with Crippen molar-refractivity contribution in [3.8, 4) is 0 Å². The van der Waals surface area contributed by atoms with Gasteiger partial charge in [-0.3, -0.25) is 9.59 Å². The first-order chi connectivity index (χ1) is 11.3. The summed E-state index contributed by atoms with van der Waals surface area (Å²) >= 11 is 2.83. The van der Waals surface area contributed by atoms with E-state index in [0.717, 1.165) is 10.6 Å². The van der Waals surface area contributed by atoms with Gasteiger partial charge in [0.15, 0.2) is 5.13 Å². The molecule has 0 spiro atoms. The summed E-state index contributed by atoms with van der Waals surface area (Å²) in [7, 11) is 0. The van der Waals surface area contributed by atoms with Gasteiger partial charge in [-0.1, -0.05) is 20.8 Å². The number of thiazole rings is 1. The molecule has 1 heterocycles. The lowest BCUT2D eigenvalue weighted by molar-refractivity contribution is -0.118. The van der Waals surface area contributed by atoms with E-state index in [-0.39, 0.29) is 17.2 Å². The van der Waals surface area contributed by atoms with E-state index in [2.05, 4.69) is 15.6 Å². The minimum Gasteiger partial charge on any atom is -0.326 e. The fourth-order valence-electron chi connectivity index (χ4n) is 1.91. The Balaban J connectivity index is 1.79. The highest BCUT2D eigenvalue weighted by molar-refractivity contribution is 8.00. The molecule has 0 unspecified atom stereocenters. The van der Waals surface area contributed by atoms with Crippen LogP contribution in [-0.2, 0) is 9.59 Å². The van der Waals surface area contributed by atoms with Crippen LogP contribution in [0.1, 0.15) is 27.2 Å². The van der Waals surface area contributed by atoms with E-state index in [1.165, 1.54) is 23.1 Å². The summed E-state index contributed by atoms with van der Waals surface area (Å²) in [4.78, 5) is 28.7. The first-order valence-corrected chi connectivity index (χ1v) is 9.40. The largest absolute Gasteiger partial charge is 0.326 e. The van der Waals surface area contributed by atoms with Crippen LogP contribution < -0.4 is 10.6 Å². The van der Waals surface area contributed by atoms with Gasteiger partial charge in [-0.25, -0.2) is 4.98 Å². The highest BCUT2D eigenvalue weighted by Crippen LogP contribution is 2.23. The number of benzene rings is 1. The number of nitrogens with one attached hydrogen (secondary N) is 2. The molecule has 2 rings (SSSR count). The van der Waals surface area contributed by atoms with E-state index in [9.17, 15) is 9.59 Å². The van der Waals surface area contributed by atoms with E-state index < -0.39 is 0 Å². The SMILES string of the molecule is CC(C)(C)CC(=O)Nc1ccc(SCC(=O)Nc2nccs2)cc1. The standard InChI is InChI=1S/C17H21N3O2S2/c1-17(2,3)10-14(21)19-12-4-6-13(7-5-12)24-11-15(22)20-16-18-8-9-23-16/h4-9H,10-11H2,1-3H3,(H,19,21)(H,18,20,22). The second-order valence-electron chi connectivity index (χ2n) is 6.48. The molecule has 1 aromatic carbocycles. The van der Waals surface area contributed by atoms with Crippen molar-refractivity contribution in [3.05, 3.63) is 35.8 Å². The summed E-state index contributed by atoms with van der Waals surface area (Å²) in [5.41, 5.74) is 0.728. The first-order valence-electron chi connectivity index (χ1n) is 7.54. The summed E-state index contributed by atoms with van der Waals surface area (Å²) in [5, 5.41) is 8.05. The Kier molecular flexibility index (Phi) is 6.39. The number of hydrogen-bond donors (Lipinski definition) is 2. The molecule has 0 aliphatic carbocycles. The second kappa shape index (κ2) is 8.30. The monoisotopic (exact) mass is 363 g/mol. The average Bonchev–Trinajstić information content (AvgIpc) is 2.97. The van der Waals surface area contributed by atoms with Gasteiger partial charge in [-0.15, -0.1) is 23.1 Å². The highest BCUT2D eigenvalue weighted by Gasteiger charge is 2.15. The Labute approximate surface area is 150 Å². The zero-order valence-corrected chi connectivity index (χ0v) is 15.6. The fourth-order valence-corrected chi connectivity index (χ4v) is 3.15. The van der Waals surface area contributed by atoms with Crippen LogP contribution in [0.25, 0.3) is 0 Å². The molecule has 5 nitrogen and oxygen atoms in total. The predicted molar refractivity (Wildman–Crippen MR) is 101 cm³/mol. The first kappa shape index (κ1) is 18.5. The molecule has 0 aliphatic rings. The van der Waals surface area contributed by atoms with E-state index in [0.29, 0.717) is 17.3 Å². The molecule has 2 amide bonds. The molecule has 1 aromatic heterocycles. The predicted octanol–water partition coefficient (Wildman–Crippen LogP) is 4.25. The third kappa shape index (κ3) is 6.72. The van der Waals surface area contributed by atoms with Crippen molar-refractivity contribution in [2.75, 3.05) is 16.4 Å². The molecule has 0 atom stereocenters. The van der Waals surface area contributed by atoms with Crippen LogP contribution in [0.5, 0.6) is 0 Å². The van der Waals surface area contributed by atoms with Crippen molar-refractivity contribution in [1.82, 2.24) is 4.98 Å². The summed E-state index contributed by atoms with van der Waals surface area (Å²) < 4.78 is 0. The molecule has 0 saturated carbocycles. The quantitative estimate of drug-likeness (QED) is 0.753. The average molecular weight is 364 g/mol. The molecule has 0 bridgehead atoms. The van der Waals surface area contributed by atoms with Crippen LogP contribution >= 0.6 is 23.1 Å². The van der Waals surface area contributed by atoms with Crippen LogP contribution in [0, 0.1) is 5.41 Å². The van der Waals surface area contributed by atoms with Gasteiger partial charge in [-0.05, 0) is 29.7 Å². The number of hydrogen-bond acceptors (Lipinski definition) is 5. The Morgan fingerprint density at radius 2 is 1.83 bits per heavy atom. The molecular formula is C17H21N3O2S2. The van der Waals surface area contributed by atoms with Crippen molar-refractivity contribution in [1.29, 1.82) is 0 Å². The van der Waals surface area contributed by atoms with Gasteiger partial charge in [0.05, 0.1) is 5.75 Å². The second-order valence-corrected chi connectivity index (χ2v) is 8.43. The smallest absolute Gasteiger partial charge is 0.236 e. The highest BCUT2D eigenvalue weighted by atomic mass is 32.2. The summed E-state index contributed by atoms with van der Waals surface area (Å²) in [6, 6.07) is 7.49. The number of nitrogens with zero attached hydrogens (tertiary/aromatic N) is 1. The van der Waals surface area contributed by atoms with Gasteiger partial charge in [0, 0.05) is 28.6 Å². The van der Waals surface area contributed by atoms with Crippen molar-refractivity contribution < 1.29 is 9.59 Å². The number of carbonyl (C=O) groups is 2. The lowest BCUT2D eigenvalue weighted by Gasteiger charge is -2.17. The van der Waals surface area contributed by atoms with Crippen LogP contribution in [0.4, 0.5) is 10.8 Å². The minimum absolute atomic E-state index is 0.00530. The number of amides is 2. The number of anilines is 2. The lowest BCUT2D eigenvalue weighted by Crippen LogP contribution is -2.19. The lowest BCUT2D eigenvalue weighted by atomic mass is 9.92. The minimum atomic E-state index is -0.0856. The third-order valence-electron chi connectivity index (χ3n) is 2.88. The summed E-state index contributed by atoms with van der Waals surface area (Å²) in [6.07, 6.45) is 2.13. The molecule has 0 fully saturated rings. The van der Waals surface area contributed by atoms with E-state index in [4.69, 9.17) is 0 Å². The molecule has 0 aliphatic heterocycles. The summed E-state index contributed by atoms with van der Waals surface area (Å²) in [5.74, 6) is 0.234. The van der Waals surface area contributed by atoms with Gasteiger partial charge in [-0.2, -0.15) is 0 Å². The Morgan fingerprint density at radius 3 is 2.42 bits per heavy atom. The maximum atomic E-state index is 11.9. The van der Waals surface area contributed by atoms with Crippen LogP contribution in [0.3, 0.4) is 0 Å². The summed E-state index contributed by atoms with van der Waals surface area (Å²) in [6.45, 7) is 6.09. The molecular weight excluding hydrogens is 342 g/mol. The molecule has 0 radical (unpaired) electrons. The van der Waals surface area contributed by atoms with Crippen LogP contribution in [-0.4, -0.2) is 22.6 Å². The molecule has 2 aromatic rings. The van der Waals surface area contributed by atoms with E-state index in [1.807, 2.05) is 50.4 Å². The zero-order valence-electron chi connectivity index (χ0n) is 14.0. The molecule has 128 valence electrons. The molecule has 2 N–H and O–H groups in total. The van der Waals surface area contributed by atoms with Crippen LogP contribution in [0.2, 0.25) is 0 Å². The molecule has 7 heteroatoms. The number of carbonyl (C=O) groups excluding carboxylic acids is 2. The van der Waals surface area contributed by atoms with Gasteiger partial charge in [0.1, 0.15) is 0 Å². The number of rotatable bonds is 6. The number of thioether (sulfide) groups is 1. The molecule has 24 heavy (non-hydrogen) atoms. The van der Waals surface area contributed by atoms with Crippen molar-refractivity contribution in [2.45, 2.75) is 32.1 Å². The molecule has 0 saturated heterocycles.